The molecule has 5 heteroatoms. The normalized spacial score (nSPS) is 19.3. The van der Waals surface area contributed by atoms with Crippen molar-refractivity contribution in [2.24, 2.45) is 5.92 Å². The number of carbonyl (C=O) groups excluding carboxylic acids is 1. The molecular formula is C13H16N2O3. The van der Waals surface area contributed by atoms with Gasteiger partial charge in [0.1, 0.15) is 0 Å². The van der Waals surface area contributed by atoms with E-state index in [1.54, 1.807) is 17.0 Å². The molecule has 1 aliphatic rings. The molecule has 1 aliphatic heterocycles. The molecule has 18 heavy (non-hydrogen) atoms. The minimum absolute atomic E-state index is 0.229. The van der Waals surface area contributed by atoms with Gasteiger partial charge in [0.05, 0.1) is 5.92 Å². The maximum absolute atomic E-state index is 12.0. The molecule has 0 unspecified atom stereocenters. The Labute approximate surface area is 105 Å². The highest BCUT2D eigenvalue weighted by molar-refractivity contribution is 5.89. The highest BCUT2D eigenvalue weighted by Gasteiger charge is 2.27. The molecular weight excluding hydrogens is 232 g/mol. The van der Waals surface area contributed by atoms with Crippen LogP contribution in [0.5, 0.6) is 0 Å². The molecule has 2 N–H and O–H groups in total. The van der Waals surface area contributed by atoms with Crippen LogP contribution in [0.15, 0.2) is 30.3 Å². The van der Waals surface area contributed by atoms with E-state index in [4.69, 9.17) is 5.11 Å². The molecule has 1 atom stereocenters. The molecule has 1 aromatic rings. The quantitative estimate of drug-likeness (QED) is 0.841. The molecule has 0 aromatic heterocycles. The zero-order chi connectivity index (χ0) is 13.0. The molecule has 0 spiro atoms. The molecule has 2 rings (SSSR count). The van der Waals surface area contributed by atoms with E-state index in [0.717, 1.165) is 12.1 Å². The van der Waals surface area contributed by atoms with Crippen LogP contribution in [0, 0.1) is 5.92 Å². The first-order chi connectivity index (χ1) is 8.66. The van der Waals surface area contributed by atoms with Crippen LogP contribution in [0.1, 0.15) is 12.8 Å². The van der Waals surface area contributed by atoms with Crippen molar-refractivity contribution in [1.29, 1.82) is 0 Å². The van der Waals surface area contributed by atoms with Gasteiger partial charge < -0.3 is 15.3 Å². The molecule has 0 bridgehead atoms. The number of piperidine rings is 1. The number of hydrogen-bond donors (Lipinski definition) is 2. The lowest BCUT2D eigenvalue weighted by molar-refractivity contribution is -0.143. The zero-order valence-corrected chi connectivity index (χ0v) is 10.0. The first-order valence-electron chi connectivity index (χ1n) is 6.00. The second-order valence-electron chi connectivity index (χ2n) is 4.42. The van der Waals surface area contributed by atoms with Crippen molar-refractivity contribution in [3.63, 3.8) is 0 Å². The van der Waals surface area contributed by atoms with Crippen molar-refractivity contribution >= 4 is 17.7 Å². The van der Waals surface area contributed by atoms with Gasteiger partial charge in [-0.25, -0.2) is 4.79 Å². The maximum atomic E-state index is 12.0. The van der Waals surface area contributed by atoms with Crippen LogP contribution in [0.2, 0.25) is 0 Å². The van der Waals surface area contributed by atoms with E-state index < -0.39 is 11.9 Å². The number of aliphatic carboxylic acids is 1. The van der Waals surface area contributed by atoms with Crippen molar-refractivity contribution in [2.75, 3.05) is 18.4 Å². The Morgan fingerprint density at radius 1 is 1.28 bits per heavy atom. The van der Waals surface area contributed by atoms with E-state index in [9.17, 15) is 9.59 Å². The van der Waals surface area contributed by atoms with Crippen LogP contribution >= 0.6 is 0 Å². The molecule has 1 saturated heterocycles. The van der Waals surface area contributed by atoms with Crippen LogP contribution in [0.4, 0.5) is 10.5 Å². The van der Waals surface area contributed by atoms with Crippen LogP contribution in [0.25, 0.3) is 0 Å². The highest BCUT2D eigenvalue weighted by atomic mass is 16.4. The number of hydrogen-bond acceptors (Lipinski definition) is 2. The number of urea groups is 1. The summed E-state index contributed by atoms with van der Waals surface area (Å²) < 4.78 is 0. The number of likely N-dealkylation sites (tertiary alicyclic amines) is 1. The van der Waals surface area contributed by atoms with Gasteiger partial charge in [0.15, 0.2) is 0 Å². The summed E-state index contributed by atoms with van der Waals surface area (Å²) in [5.41, 5.74) is 0.722. The number of carboxylic acid groups (broad SMARTS) is 1. The van der Waals surface area contributed by atoms with Gasteiger partial charge in [-0.2, -0.15) is 0 Å². The Balaban J connectivity index is 1.95. The molecule has 0 radical (unpaired) electrons. The van der Waals surface area contributed by atoms with E-state index in [0.29, 0.717) is 13.0 Å². The Morgan fingerprint density at radius 3 is 2.67 bits per heavy atom. The second kappa shape index (κ2) is 5.53. The summed E-state index contributed by atoms with van der Waals surface area (Å²) in [5, 5.41) is 11.7. The smallest absolute Gasteiger partial charge is 0.321 e. The van der Waals surface area contributed by atoms with E-state index in [2.05, 4.69) is 5.32 Å². The summed E-state index contributed by atoms with van der Waals surface area (Å²) in [6.07, 6.45) is 1.38. The van der Waals surface area contributed by atoms with Gasteiger partial charge in [-0.1, -0.05) is 18.2 Å². The molecule has 0 saturated carbocycles. The van der Waals surface area contributed by atoms with Gasteiger partial charge in [-0.15, -0.1) is 0 Å². The maximum Gasteiger partial charge on any atom is 0.321 e. The Kier molecular flexibility index (Phi) is 3.82. The van der Waals surface area contributed by atoms with Gasteiger partial charge >= 0.3 is 12.0 Å². The topological polar surface area (TPSA) is 69.6 Å². The van der Waals surface area contributed by atoms with Crippen molar-refractivity contribution in [3.8, 4) is 0 Å². The van der Waals surface area contributed by atoms with Crippen molar-refractivity contribution < 1.29 is 14.7 Å². The molecule has 1 fully saturated rings. The Morgan fingerprint density at radius 2 is 2.00 bits per heavy atom. The fourth-order valence-electron chi connectivity index (χ4n) is 2.09. The standard InChI is InChI=1S/C13H16N2O3/c16-12(17)10-5-4-8-15(9-10)13(18)14-11-6-2-1-3-7-11/h1-3,6-7,10H,4-5,8-9H2,(H,14,18)(H,16,17)/t10-/m0/s1. The summed E-state index contributed by atoms with van der Waals surface area (Å²) in [5.74, 6) is -1.27. The first-order valence-corrected chi connectivity index (χ1v) is 6.00. The van der Waals surface area contributed by atoms with Crippen LogP contribution < -0.4 is 5.32 Å². The van der Waals surface area contributed by atoms with Gasteiger partial charge in [0.25, 0.3) is 0 Å². The lowest BCUT2D eigenvalue weighted by Gasteiger charge is -2.30. The molecule has 96 valence electrons. The minimum atomic E-state index is -0.827. The van der Waals surface area contributed by atoms with Crippen LogP contribution in [0.3, 0.4) is 0 Å². The number of carboxylic acids is 1. The third-order valence-corrected chi connectivity index (χ3v) is 3.08. The third kappa shape index (κ3) is 3.00. The number of amides is 2. The summed E-state index contributed by atoms with van der Waals surface area (Å²) in [4.78, 5) is 24.4. The average molecular weight is 248 g/mol. The fraction of sp³-hybridized carbons (Fsp3) is 0.385. The number of carbonyl (C=O) groups is 2. The summed E-state index contributed by atoms with van der Waals surface area (Å²) >= 11 is 0. The number of anilines is 1. The largest absolute Gasteiger partial charge is 0.481 e. The minimum Gasteiger partial charge on any atom is -0.481 e. The van der Waals surface area contributed by atoms with Crippen molar-refractivity contribution in [3.05, 3.63) is 30.3 Å². The molecule has 2 amide bonds. The van der Waals surface area contributed by atoms with Crippen LogP contribution in [-0.4, -0.2) is 35.1 Å². The molecule has 5 nitrogen and oxygen atoms in total. The lowest BCUT2D eigenvalue weighted by atomic mass is 9.99. The van der Waals surface area contributed by atoms with E-state index in [1.165, 1.54) is 0 Å². The van der Waals surface area contributed by atoms with E-state index in [1.807, 2.05) is 18.2 Å². The summed E-state index contributed by atoms with van der Waals surface area (Å²) in [6.45, 7) is 0.899. The number of benzene rings is 1. The monoisotopic (exact) mass is 248 g/mol. The SMILES string of the molecule is O=C(O)[C@H]1CCCN(C(=O)Nc2ccccc2)C1. The van der Waals surface area contributed by atoms with Gasteiger partial charge in [0, 0.05) is 18.8 Å². The van der Waals surface area contributed by atoms with Gasteiger partial charge in [-0.3, -0.25) is 4.79 Å². The van der Waals surface area contributed by atoms with E-state index >= 15 is 0 Å². The van der Waals surface area contributed by atoms with E-state index in [-0.39, 0.29) is 12.6 Å². The van der Waals surface area contributed by atoms with Gasteiger partial charge in [-0.05, 0) is 25.0 Å². The average Bonchev–Trinajstić information content (AvgIpc) is 2.40. The number of rotatable bonds is 2. The molecule has 1 heterocycles. The summed E-state index contributed by atoms with van der Waals surface area (Å²) in [6, 6.07) is 8.93. The van der Waals surface area contributed by atoms with Crippen molar-refractivity contribution in [1.82, 2.24) is 4.90 Å². The number of para-hydroxylation sites is 1. The number of nitrogens with one attached hydrogen (secondary N) is 1. The zero-order valence-electron chi connectivity index (χ0n) is 10.0. The Hall–Kier alpha value is -2.04. The fourth-order valence-corrected chi connectivity index (χ4v) is 2.09. The highest BCUT2D eigenvalue weighted by Crippen LogP contribution is 2.17. The number of nitrogens with zero attached hydrogens (tertiary/aromatic N) is 1. The van der Waals surface area contributed by atoms with Crippen LogP contribution in [-0.2, 0) is 4.79 Å². The van der Waals surface area contributed by atoms with Gasteiger partial charge in [0.2, 0.25) is 0 Å². The first kappa shape index (κ1) is 12.4. The predicted octanol–water partition coefficient (Wildman–Crippen LogP) is 2.02. The van der Waals surface area contributed by atoms with Crippen molar-refractivity contribution in [2.45, 2.75) is 12.8 Å². The molecule has 1 aromatic carbocycles. The predicted molar refractivity (Wildman–Crippen MR) is 67.4 cm³/mol. The summed E-state index contributed by atoms with van der Waals surface area (Å²) in [7, 11) is 0. The second-order valence-corrected chi connectivity index (χ2v) is 4.42. The lowest BCUT2D eigenvalue weighted by Crippen LogP contribution is -2.44. The molecule has 0 aliphatic carbocycles. The Bertz CT molecular complexity index is 433. The third-order valence-electron chi connectivity index (χ3n) is 3.08.